The first-order valence-electron chi connectivity index (χ1n) is 9.06. The lowest BCUT2D eigenvalue weighted by Gasteiger charge is -2.31. The minimum Gasteiger partial charge on any atom is -0.406 e. The van der Waals surface area contributed by atoms with Crippen molar-refractivity contribution < 1.29 is 32.0 Å². The number of likely N-dealkylation sites (tertiary alicyclic amines) is 1. The van der Waals surface area contributed by atoms with Crippen molar-refractivity contribution in [3.8, 4) is 5.75 Å². The highest BCUT2D eigenvalue weighted by Crippen LogP contribution is 2.24. The van der Waals surface area contributed by atoms with Crippen LogP contribution in [0.15, 0.2) is 34.9 Å². The molecule has 1 aromatic carbocycles. The second-order valence-corrected chi connectivity index (χ2v) is 6.84. The highest BCUT2D eigenvalue weighted by Gasteiger charge is 2.31. The summed E-state index contributed by atoms with van der Waals surface area (Å²) in [6.45, 7) is 2.59. The van der Waals surface area contributed by atoms with Gasteiger partial charge in [-0.2, -0.15) is 0 Å². The molecule has 7 nitrogen and oxygen atoms in total. The average molecular weight is 411 g/mol. The van der Waals surface area contributed by atoms with Crippen LogP contribution >= 0.6 is 0 Å². The topological polar surface area (TPSA) is 84.7 Å². The Hall–Kier alpha value is -3.04. The van der Waals surface area contributed by atoms with Crippen molar-refractivity contribution in [3.63, 3.8) is 0 Å². The van der Waals surface area contributed by atoms with Gasteiger partial charge in [-0.1, -0.05) is 17.3 Å². The Bertz CT molecular complexity index is 856. The second-order valence-electron chi connectivity index (χ2n) is 6.84. The zero-order valence-electron chi connectivity index (χ0n) is 15.7. The van der Waals surface area contributed by atoms with Crippen LogP contribution in [0.25, 0.3) is 0 Å². The van der Waals surface area contributed by atoms with E-state index in [4.69, 9.17) is 4.52 Å². The van der Waals surface area contributed by atoms with Crippen LogP contribution in [0.3, 0.4) is 0 Å². The first-order chi connectivity index (χ1) is 13.7. The molecule has 0 bridgehead atoms. The van der Waals surface area contributed by atoms with Crippen molar-refractivity contribution in [2.45, 2.75) is 32.5 Å². The van der Waals surface area contributed by atoms with Gasteiger partial charge in [0, 0.05) is 25.1 Å². The molecule has 156 valence electrons. The molecule has 1 aliphatic heterocycles. The zero-order chi connectivity index (χ0) is 21.0. The van der Waals surface area contributed by atoms with Crippen LogP contribution in [0.5, 0.6) is 5.75 Å². The molecule has 29 heavy (non-hydrogen) atoms. The molecule has 2 heterocycles. The molecule has 1 fully saturated rings. The third kappa shape index (κ3) is 5.97. The summed E-state index contributed by atoms with van der Waals surface area (Å²) >= 11 is 0. The van der Waals surface area contributed by atoms with Gasteiger partial charge in [-0.05, 0) is 37.5 Å². The number of carbonyl (C=O) groups excluding carboxylic acids is 2. The molecule has 2 aromatic rings. The third-order valence-electron chi connectivity index (χ3n) is 4.61. The summed E-state index contributed by atoms with van der Waals surface area (Å²) in [5.74, 6) is 0.103. The quantitative estimate of drug-likeness (QED) is 0.816. The van der Waals surface area contributed by atoms with Crippen LogP contribution in [0.4, 0.5) is 19.0 Å². The van der Waals surface area contributed by atoms with Crippen LogP contribution in [0.2, 0.25) is 0 Å². The molecule has 0 spiro atoms. The Balaban J connectivity index is 1.46. The Labute approximate surface area is 164 Å². The first-order valence-corrected chi connectivity index (χ1v) is 9.06. The summed E-state index contributed by atoms with van der Waals surface area (Å²) in [6.07, 6.45) is -3.64. The molecule has 10 heteroatoms. The number of halogens is 3. The normalized spacial score (nSPS) is 15.2. The SMILES string of the molecule is Cc1cc(NC(=O)C2CCN(C(=O)Cc3ccc(OC(F)(F)F)cc3)CC2)no1. The number of anilines is 1. The van der Waals surface area contributed by atoms with Crippen molar-refractivity contribution in [2.75, 3.05) is 18.4 Å². The van der Waals surface area contributed by atoms with Gasteiger partial charge in [-0.3, -0.25) is 9.59 Å². The standard InChI is InChI=1S/C19H20F3N3O4/c1-12-10-16(24-29-12)23-18(27)14-6-8-25(9-7-14)17(26)11-13-2-4-15(5-3-13)28-19(20,21)22/h2-5,10,14H,6-9,11H2,1H3,(H,23,24,27). The molecule has 0 atom stereocenters. The predicted octanol–water partition coefficient (Wildman–Crippen LogP) is 3.30. The van der Waals surface area contributed by atoms with E-state index in [1.807, 2.05) is 0 Å². The fourth-order valence-electron chi connectivity index (χ4n) is 3.14. The number of carbonyl (C=O) groups is 2. The molecule has 0 saturated carbocycles. The van der Waals surface area contributed by atoms with E-state index in [0.717, 1.165) is 0 Å². The van der Waals surface area contributed by atoms with Crippen molar-refractivity contribution in [1.82, 2.24) is 10.1 Å². The lowest BCUT2D eigenvalue weighted by molar-refractivity contribution is -0.274. The van der Waals surface area contributed by atoms with Gasteiger partial charge in [0.05, 0.1) is 6.42 Å². The minimum absolute atomic E-state index is 0.0708. The lowest BCUT2D eigenvalue weighted by Crippen LogP contribution is -2.42. The Morgan fingerprint density at radius 3 is 2.45 bits per heavy atom. The van der Waals surface area contributed by atoms with E-state index in [1.165, 1.54) is 24.3 Å². The number of hydrogen-bond acceptors (Lipinski definition) is 5. The van der Waals surface area contributed by atoms with E-state index in [0.29, 0.717) is 43.1 Å². The molecule has 1 N–H and O–H groups in total. The maximum atomic E-state index is 12.4. The molecule has 1 saturated heterocycles. The van der Waals surface area contributed by atoms with Crippen molar-refractivity contribution in [3.05, 3.63) is 41.7 Å². The van der Waals surface area contributed by atoms with Crippen LogP contribution in [0, 0.1) is 12.8 Å². The van der Waals surface area contributed by atoms with Gasteiger partial charge < -0.3 is 19.5 Å². The number of ether oxygens (including phenoxy) is 1. The number of benzene rings is 1. The smallest absolute Gasteiger partial charge is 0.406 e. The summed E-state index contributed by atoms with van der Waals surface area (Å²) in [5.41, 5.74) is 0.589. The fraction of sp³-hybridized carbons (Fsp3) is 0.421. The number of hydrogen-bond donors (Lipinski definition) is 1. The van der Waals surface area contributed by atoms with Gasteiger partial charge in [0.2, 0.25) is 11.8 Å². The summed E-state index contributed by atoms with van der Waals surface area (Å²) < 4.78 is 45.3. The summed E-state index contributed by atoms with van der Waals surface area (Å²) in [5, 5.41) is 6.42. The number of rotatable bonds is 5. The van der Waals surface area contributed by atoms with Gasteiger partial charge >= 0.3 is 6.36 Å². The molecule has 2 amide bonds. The van der Waals surface area contributed by atoms with Crippen molar-refractivity contribution in [2.24, 2.45) is 5.92 Å². The van der Waals surface area contributed by atoms with Gasteiger partial charge in [-0.25, -0.2) is 0 Å². The largest absolute Gasteiger partial charge is 0.573 e. The highest BCUT2D eigenvalue weighted by atomic mass is 19.4. The van der Waals surface area contributed by atoms with Crippen LogP contribution < -0.4 is 10.1 Å². The van der Waals surface area contributed by atoms with Gasteiger partial charge in [0.1, 0.15) is 11.5 Å². The van der Waals surface area contributed by atoms with E-state index < -0.39 is 6.36 Å². The molecule has 3 rings (SSSR count). The van der Waals surface area contributed by atoms with Crippen LogP contribution in [0.1, 0.15) is 24.2 Å². The maximum Gasteiger partial charge on any atom is 0.573 e. The molecule has 0 radical (unpaired) electrons. The van der Waals surface area contributed by atoms with E-state index >= 15 is 0 Å². The predicted molar refractivity (Wildman–Crippen MR) is 96.0 cm³/mol. The number of nitrogens with zero attached hydrogens (tertiary/aromatic N) is 2. The number of amides is 2. The van der Waals surface area contributed by atoms with Crippen LogP contribution in [-0.2, 0) is 16.0 Å². The number of aryl methyl sites for hydroxylation is 1. The second kappa shape index (κ2) is 8.54. The summed E-state index contributed by atoms with van der Waals surface area (Å²) in [6, 6.07) is 6.84. The molecule has 1 aromatic heterocycles. The van der Waals surface area contributed by atoms with Crippen molar-refractivity contribution >= 4 is 17.6 Å². The first kappa shape index (κ1) is 20.7. The van der Waals surface area contributed by atoms with E-state index in [9.17, 15) is 22.8 Å². The molecule has 1 aliphatic rings. The summed E-state index contributed by atoms with van der Waals surface area (Å²) in [4.78, 5) is 26.4. The monoisotopic (exact) mass is 411 g/mol. The highest BCUT2D eigenvalue weighted by molar-refractivity contribution is 5.91. The van der Waals surface area contributed by atoms with Crippen molar-refractivity contribution in [1.29, 1.82) is 0 Å². The number of piperidine rings is 1. The Morgan fingerprint density at radius 2 is 1.90 bits per heavy atom. The Morgan fingerprint density at radius 1 is 1.24 bits per heavy atom. The molecule has 0 aliphatic carbocycles. The van der Waals surface area contributed by atoms with Crippen LogP contribution in [-0.4, -0.2) is 41.3 Å². The summed E-state index contributed by atoms with van der Waals surface area (Å²) in [7, 11) is 0. The molecular formula is C19H20F3N3O4. The van der Waals surface area contributed by atoms with E-state index in [1.54, 1.807) is 17.9 Å². The van der Waals surface area contributed by atoms with E-state index in [-0.39, 0.29) is 29.9 Å². The molecule has 0 unspecified atom stereocenters. The average Bonchev–Trinajstić information content (AvgIpc) is 3.07. The van der Waals surface area contributed by atoms with E-state index in [2.05, 4.69) is 15.2 Å². The van der Waals surface area contributed by atoms with Gasteiger partial charge in [0.15, 0.2) is 5.82 Å². The maximum absolute atomic E-state index is 12.4. The molecular weight excluding hydrogens is 391 g/mol. The number of nitrogens with one attached hydrogen (secondary N) is 1. The Kier molecular flexibility index (Phi) is 6.09. The number of aromatic nitrogens is 1. The lowest BCUT2D eigenvalue weighted by atomic mass is 9.95. The zero-order valence-corrected chi connectivity index (χ0v) is 15.7. The third-order valence-corrected chi connectivity index (χ3v) is 4.61. The fourth-order valence-corrected chi connectivity index (χ4v) is 3.14. The number of alkyl halides is 3. The van der Waals surface area contributed by atoms with Gasteiger partial charge in [-0.15, -0.1) is 13.2 Å². The van der Waals surface area contributed by atoms with Gasteiger partial charge in [0.25, 0.3) is 0 Å². The minimum atomic E-state index is -4.75.